The Morgan fingerprint density at radius 3 is 2.80 bits per heavy atom. The summed E-state index contributed by atoms with van der Waals surface area (Å²) < 4.78 is 0. The van der Waals surface area contributed by atoms with Gasteiger partial charge in [0.1, 0.15) is 0 Å². The van der Waals surface area contributed by atoms with Crippen molar-refractivity contribution in [3.05, 3.63) is 0 Å². The van der Waals surface area contributed by atoms with Crippen LogP contribution in [0.5, 0.6) is 0 Å². The molecule has 4 nitrogen and oxygen atoms in total. The van der Waals surface area contributed by atoms with Crippen LogP contribution in [0.3, 0.4) is 0 Å². The number of rotatable bonds is 6. The monoisotopic (exact) mass is 298 g/mol. The molecule has 2 amide bonds. The third kappa shape index (κ3) is 4.69. The molecular weight excluding hydrogens is 272 g/mol. The summed E-state index contributed by atoms with van der Waals surface area (Å²) in [7, 11) is 0. The van der Waals surface area contributed by atoms with E-state index in [9.17, 15) is 9.59 Å². The molecule has 1 atom stereocenters. The first kappa shape index (κ1) is 15.7. The normalized spacial score (nSPS) is 24.1. The van der Waals surface area contributed by atoms with Crippen LogP contribution in [0.4, 0.5) is 0 Å². The fourth-order valence-corrected chi connectivity index (χ4v) is 3.61. The highest BCUT2D eigenvalue weighted by Gasteiger charge is 2.32. The average molecular weight is 298 g/mol. The number of amides is 2. The Labute approximate surface area is 126 Å². The zero-order valence-electron chi connectivity index (χ0n) is 12.4. The van der Waals surface area contributed by atoms with E-state index in [2.05, 4.69) is 5.32 Å². The molecule has 0 aromatic carbocycles. The quantitative estimate of drug-likeness (QED) is 0.816. The van der Waals surface area contributed by atoms with E-state index in [-0.39, 0.29) is 17.9 Å². The highest BCUT2D eigenvalue weighted by molar-refractivity contribution is 7.98. The van der Waals surface area contributed by atoms with E-state index < -0.39 is 0 Å². The van der Waals surface area contributed by atoms with Crippen molar-refractivity contribution in [2.45, 2.75) is 51.0 Å². The molecule has 0 bridgehead atoms. The third-order valence-electron chi connectivity index (χ3n) is 4.32. The van der Waals surface area contributed by atoms with Crippen molar-refractivity contribution >= 4 is 23.6 Å². The van der Waals surface area contributed by atoms with Gasteiger partial charge in [0, 0.05) is 31.7 Å². The van der Waals surface area contributed by atoms with E-state index in [1.54, 1.807) is 11.8 Å². The molecule has 1 N–H and O–H groups in total. The maximum atomic E-state index is 12.0. The Morgan fingerprint density at radius 2 is 2.10 bits per heavy atom. The number of hydrogen-bond acceptors (Lipinski definition) is 3. The smallest absolute Gasteiger partial charge is 0.224 e. The first-order valence-electron chi connectivity index (χ1n) is 7.75. The molecule has 114 valence electrons. The van der Waals surface area contributed by atoms with Gasteiger partial charge in [-0.3, -0.25) is 9.59 Å². The van der Waals surface area contributed by atoms with Crippen LogP contribution in [-0.4, -0.2) is 47.9 Å². The molecule has 2 rings (SSSR count). The highest BCUT2D eigenvalue weighted by atomic mass is 32.2. The van der Waals surface area contributed by atoms with Gasteiger partial charge < -0.3 is 10.2 Å². The Hall–Kier alpha value is -0.710. The van der Waals surface area contributed by atoms with Crippen molar-refractivity contribution in [3.63, 3.8) is 0 Å². The summed E-state index contributed by atoms with van der Waals surface area (Å²) in [5, 5.41) is 3.00. The van der Waals surface area contributed by atoms with Gasteiger partial charge in [-0.1, -0.05) is 19.3 Å². The number of carbonyl (C=O) groups excluding carboxylic acids is 2. The van der Waals surface area contributed by atoms with Crippen LogP contribution in [0.2, 0.25) is 0 Å². The standard InChI is InChI=1S/C15H26N2O2S/c1-20-8-7-14(18)16-13-9-15(19)17(11-13)10-12-5-3-2-4-6-12/h12-13H,2-11H2,1H3,(H,16,18)/t13-/m1/s1. The molecule has 1 saturated heterocycles. The van der Waals surface area contributed by atoms with Gasteiger partial charge in [-0.25, -0.2) is 0 Å². The molecule has 5 heteroatoms. The first-order valence-corrected chi connectivity index (χ1v) is 9.14. The fourth-order valence-electron chi connectivity index (χ4n) is 3.22. The minimum atomic E-state index is 0.0282. The van der Waals surface area contributed by atoms with E-state index in [1.165, 1.54) is 32.1 Å². The van der Waals surface area contributed by atoms with Gasteiger partial charge in [0.15, 0.2) is 0 Å². The molecule has 2 fully saturated rings. The molecule has 1 aliphatic heterocycles. The number of hydrogen-bond donors (Lipinski definition) is 1. The topological polar surface area (TPSA) is 49.4 Å². The first-order chi connectivity index (χ1) is 9.69. The number of nitrogens with one attached hydrogen (secondary N) is 1. The maximum absolute atomic E-state index is 12.0. The molecule has 0 unspecified atom stereocenters. The number of likely N-dealkylation sites (tertiary alicyclic amines) is 1. The molecule has 1 heterocycles. The molecule has 0 aromatic rings. The van der Waals surface area contributed by atoms with Gasteiger partial charge in [0.2, 0.25) is 11.8 Å². The number of carbonyl (C=O) groups is 2. The Morgan fingerprint density at radius 1 is 1.35 bits per heavy atom. The minimum Gasteiger partial charge on any atom is -0.351 e. The van der Waals surface area contributed by atoms with Gasteiger partial charge in [-0.05, 0) is 25.0 Å². The van der Waals surface area contributed by atoms with Gasteiger partial charge >= 0.3 is 0 Å². The predicted molar refractivity (Wildman–Crippen MR) is 82.7 cm³/mol. The fraction of sp³-hybridized carbons (Fsp3) is 0.867. The second-order valence-corrected chi connectivity index (χ2v) is 7.00. The van der Waals surface area contributed by atoms with Crippen LogP contribution in [0.15, 0.2) is 0 Å². The van der Waals surface area contributed by atoms with Crippen LogP contribution in [-0.2, 0) is 9.59 Å². The Balaban J connectivity index is 1.73. The SMILES string of the molecule is CSCCC(=O)N[C@@H]1CC(=O)N(CC2CCCCC2)C1. The molecule has 2 aliphatic rings. The van der Waals surface area contributed by atoms with Crippen LogP contribution in [0, 0.1) is 5.92 Å². The van der Waals surface area contributed by atoms with Gasteiger partial charge in [-0.15, -0.1) is 0 Å². The number of nitrogens with zero attached hydrogens (tertiary/aromatic N) is 1. The molecule has 1 saturated carbocycles. The molecule has 0 aromatic heterocycles. The Kier molecular flexibility index (Phi) is 6.20. The van der Waals surface area contributed by atoms with Gasteiger partial charge in [-0.2, -0.15) is 11.8 Å². The van der Waals surface area contributed by atoms with Crippen molar-refractivity contribution < 1.29 is 9.59 Å². The lowest BCUT2D eigenvalue weighted by Gasteiger charge is -2.27. The average Bonchev–Trinajstić information content (AvgIpc) is 2.77. The van der Waals surface area contributed by atoms with Crippen LogP contribution in [0.25, 0.3) is 0 Å². The van der Waals surface area contributed by atoms with E-state index in [1.807, 2.05) is 11.2 Å². The van der Waals surface area contributed by atoms with Gasteiger partial charge in [0.05, 0.1) is 6.04 Å². The van der Waals surface area contributed by atoms with Crippen molar-refractivity contribution in [3.8, 4) is 0 Å². The molecule has 20 heavy (non-hydrogen) atoms. The number of thioether (sulfide) groups is 1. The van der Waals surface area contributed by atoms with E-state index >= 15 is 0 Å². The zero-order valence-corrected chi connectivity index (χ0v) is 13.2. The van der Waals surface area contributed by atoms with Crippen molar-refractivity contribution in [1.29, 1.82) is 0 Å². The summed E-state index contributed by atoms with van der Waals surface area (Å²) in [4.78, 5) is 25.7. The molecule has 0 radical (unpaired) electrons. The van der Waals surface area contributed by atoms with Crippen LogP contribution < -0.4 is 5.32 Å². The van der Waals surface area contributed by atoms with Crippen molar-refractivity contribution in [2.75, 3.05) is 25.1 Å². The summed E-state index contributed by atoms with van der Waals surface area (Å²) in [6.07, 6.45) is 9.51. The predicted octanol–water partition coefficient (Wildman–Crippen LogP) is 2.04. The summed E-state index contributed by atoms with van der Waals surface area (Å²) in [6.45, 7) is 1.61. The lowest BCUT2D eigenvalue weighted by Crippen LogP contribution is -2.38. The summed E-state index contributed by atoms with van der Waals surface area (Å²) >= 11 is 1.67. The Bertz CT molecular complexity index is 343. The largest absolute Gasteiger partial charge is 0.351 e. The summed E-state index contributed by atoms with van der Waals surface area (Å²) in [6, 6.07) is 0.0282. The third-order valence-corrected chi connectivity index (χ3v) is 4.93. The van der Waals surface area contributed by atoms with E-state index in [0.29, 0.717) is 25.3 Å². The molecule has 0 spiro atoms. The van der Waals surface area contributed by atoms with Crippen molar-refractivity contribution in [1.82, 2.24) is 10.2 Å². The van der Waals surface area contributed by atoms with Crippen LogP contribution in [0.1, 0.15) is 44.9 Å². The second kappa shape index (κ2) is 7.91. The zero-order chi connectivity index (χ0) is 14.4. The summed E-state index contributed by atoms with van der Waals surface area (Å²) in [5.74, 6) is 1.82. The molecule has 1 aliphatic carbocycles. The second-order valence-electron chi connectivity index (χ2n) is 6.01. The maximum Gasteiger partial charge on any atom is 0.224 e. The summed E-state index contributed by atoms with van der Waals surface area (Å²) in [5.41, 5.74) is 0. The van der Waals surface area contributed by atoms with E-state index in [4.69, 9.17) is 0 Å². The van der Waals surface area contributed by atoms with Gasteiger partial charge in [0.25, 0.3) is 0 Å². The highest BCUT2D eigenvalue weighted by Crippen LogP contribution is 2.26. The van der Waals surface area contributed by atoms with Crippen molar-refractivity contribution in [2.24, 2.45) is 5.92 Å². The van der Waals surface area contributed by atoms with E-state index in [0.717, 1.165) is 12.3 Å². The minimum absolute atomic E-state index is 0.0282. The lowest BCUT2D eigenvalue weighted by molar-refractivity contribution is -0.128. The lowest BCUT2D eigenvalue weighted by atomic mass is 9.89. The molecular formula is C15H26N2O2S. The van der Waals surface area contributed by atoms with Crippen LogP contribution >= 0.6 is 11.8 Å².